The molecule has 2 N–H and O–H groups in total. The van der Waals surface area contributed by atoms with Crippen LogP contribution in [0.4, 0.5) is 0 Å². The van der Waals surface area contributed by atoms with Crippen molar-refractivity contribution in [3.63, 3.8) is 0 Å². The van der Waals surface area contributed by atoms with Gasteiger partial charge in [-0.3, -0.25) is 9.59 Å². The molecule has 0 unspecified atom stereocenters. The van der Waals surface area contributed by atoms with Gasteiger partial charge in [0.1, 0.15) is 15.8 Å². The van der Waals surface area contributed by atoms with E-state index in [1.54, 1.807) is 30.5 Å². The predicted molar refractivity (Wildman–Crippen MR) is 111 cm³/mol. The van der Waals surface area contributed by atoms with E-state index < -0.39 is 5.91 Å². The lowest BCUT2D eigenvalue weighted by Gasteiger charge is -1.98. The number of hydrogen-bond acceptors (Lipinski definition) is 6. The Morgan fingerprint density at radius 2 is 1.44 bits per heavy atom. The largest absolute Gasteiger partial charge is 0.364 e. The normalized spacial score (nSPS) is 9.60. The highest BCUT2D eigenvalue weighted by Crippen LogP contribution is 2.13. The molecule has 0 spiro atoms. The number of amides is 2. The van der Waals surface area contributed by atoms with E-state index in [4.69, 9.17) is 5.73 Å². The van der Waals surface area contributed by atoms with Gasteiger partial charge in [-0.1, -0.05) is 0 Å². The zero-order chi connectivity index (χ0) is 18.8. The molecule has 132 valence electrons. The fourth-order valence-electron chi connectivity index (χ4n) is 1.34. The third-order valence-corrected chi connectivity index (χ3v) is 5.29. The van der Waals surface area contributed by atoms with Crippen LogP contribution in [0.3, 0.4) is 0 Å². The summed E-state index contributed by atoms with van der Waals surface area (Å²) in [6.45, 7) is 0. The van der Waals surface area contributed by atoms with Crippen LogP contribution >= 0.6 is 55.4 Å². The first-order valence-corrected chi connectivity index (χ1v) is 10.6. The predicted octanol–water partition coefficient (Wildman–Crippen LogP) is 4.01. The molecular formula is C15H14Br2N4O2S2. The minimum atomic E-state index is -0.507. The number of hydrogen-bond donors (Lipinski definition) is 1. The van der Waals surface area contributed by atoms with E-state index in [-0.39, 0.29) is 11.6 Å². The number of pyridine rings is 2. The second kappa shape index (κ2) is 11.4. The van der Waals surface area contributed by atoms with Gasteiger partial charge < -0.3 is 5.73 Å². The van der Waals surface area contributed by atoms with E-state index in [2.05, 4.69) is 46.8 Å². The number of primary amides is 1. The molecule has 0 fully saturated rings. The summed E-state index contributed by atoms with van der Waals surface area (Å²) in [5.41, 5.74) is 5.59. The van der Waals surface area contributed by atoms with E-state index in [9.17, 15) is 9.59 Å². The van der Waals surface area contributed by atoms with E-state index in [0.717, 1.165) is 13.3 Å². The van der Waals surface area contributed by atoms with Gasteiger partial charge in [0, 0.05) is 21.3 Å². The molecule has 0 saturated heterocycles. The van der Waals surface area contributed by atoms with Crippen LogP contribution in [0.25, 0.3) is 0 Å². The highest BCUT2D eigenvalue weighted by molar-refractivity contribution is 9.10. The van der Waals surface area contributed by atoms with Gasteiger partial charge >= 0.3 is 0 Å². The lowest BCUT2D eigenvalue weighted by Crippen LogP contribution is -2.12. The number of nitrogens with zero attached hydrogens (tertiary/aromatic N) is 3. The van der Waals surface area contributed by atoms with Gasteiger partial charge in [-0.15, -0.1) is 23.5 Å². The summed E-state index contributed by atoms with van der Waals surface area (Å²) in [7, 11) is 0. The summed E-state index contributed by atoms with van der Waals surface area (Å²) < 4.78 is 2.42. The number of thioether (sulfide) groups is 2. The van der Waals surface area contributed by atoms with Gasteiger partial charge in [0.15, 0.2) is 0 Å². The Labute approximate surface area is 170 Å². The lowest BCUT2D eigenvalue weighted by molar-refractivity contribution is 0.0989. The Balaban J connectivity index is 0.000000271. The number of rotatable bonds is 2. The second-order valence-corrected chi connectivity index (χ2v) is 7.86. The second-order valence-electron chi connectivity index (χ2n) is 4.18. The Kier molecular flexibility index (Phi) is 9.94. The van der Waals surface area contributed by atoms with Crippen molar-refractivity contribution in [1.82, 2.24) is 9.97 Å². The zero-order valence-electron chi connectivity index (χ0n) is 13.3. The van der Waals surface area contributed by atoms with Crippen LogP contribution in [0.5, 0.6) is 0 Å². The van der Waals surface area contributed by atoms with Crippen molar-refractivity contribution in [3.05, 3.63) is 57.0 Å². The molecule has 0 saturated carbocycles. The van der Waals surface area contributed by atoms with Crippen LogP contribution in [0.15, 0.2) is 50.6 Å². The van der Waals surface area contributed by atoms with E-state index in [1.807, 2.05) is 12.5 Å². The number of aromatic nitrogens is 2. The third kappa shape index (κ3) is 8.13. The summed E-state index contributed by atoms with van der Waals surface area (Å²) in [5, 5.41) is 0. The number of carbonyl (C=O) groups is 2. The molecule has 0 radical (unpaired) electrons. The number of aliphatic imine (C=N–C) groups is 1. The molecule has 0 bridgehead atoms. The number of carbonyl (C=O) groups excluding carboxylic acids is 2. The highest BCUT2D eigenvalue weighted by Gasteiger charge is 2.06. The summed E-state index contributed by atoms with van der Waals surface area (Å²) in [4.78, 5) is 33.7. The maximum Gasteiger partial charge on any atom is 0.297 e. The van der Waals surface area contributed by atoms with Gasteiger partial charge in [-0.05, 0) is 68.6 Å². The topological polar surface area (TPSA) is 98.3 Å². The molecule has 2 aromatic heterocycles. The first kappa shape index (κ1) is 21.8. The van der Waals surface area contributed by atoms with Crippen molar-refractivity contribution < 1.29 is 9.59 Å². The maximum atomic E-state index is 11.6. The fraction of sp³-hybridized carbons (Fsp3) is 0.133. The summed E-state index contributed by atoms with van der Waals surface area (Å²) in [6, 6.07) is 6.70. The average Bonchev–Trinajstić information content (AvgIpc) is 2.61. The third-order valence-electron chi connectivity index (χ3n) is 2.47. The van der Waals surface area contributed by atoms with Crippen LogP contribution in [0, 0.1) is 0 Å². The molecule has 0 aliphatic heterocycles. The SMILES string of the molecule is CSC(=NC(=O)c1ccc(Br)cn1)SC.NC(=O)c1ccc(Br)cn1. The summed E-state index contributed by atoms with van der Waals surface area (Å²) >= 11 is 9.34. The van der Waals surface area contributed by atoms with Crippen LogP contribution < -0.4 is 5.73 Å². The summed E-state index contributed by atoms with van der Waals surface area (Å²) in [6.07, 6.45) is 6.88. The van der Waals surface area contributed by atoms with Crippen molar-refractivity contribution >= 4 is 71.6 Å². The Morgan fingerprint density at radius 1 is 0.960 bits per heavy atom. The van der Waals surface area contributed by atoms with Gasteiger partial charge in [0.25, 0.3) is 11.8 Å². The lowest BCUT2D eigenvalue weighted by atomic mass is 10.3. The van der Waals surface area contributed by atoms with Crippen LogP contribution in [0.2, 0.25) is 0 Å². The first-order valence-electron chi connectivity index (χ1n) is 6.61. The number of halogens is 2. The monoisotopic (exact) mass is 504 g/mol. The molecule has 10 heteroatoms. The van der Waals surface area contributed by atoms with Crippen LogP contribution in [0.1, 0.15) is 21.0 Å². The quantitative estimate of drug-likeness (QED) is 0.489. The molecule has 0 atom stereocenters. The molecule has 2 amide bonds. The highest BCUT2D eigenvalue weighted by atomic mass is 79.9. The summed E-state index contributed by atoms with van der Waals surface area (Å²) in [5.74, 6) is -0.811. The minimum absolute atomic E-state index is 0.281. The molecule has 0 aliphatic carbocycles. The molecule has 2 rings (SSSR count). The van der Waals surface area contributed by atoms with E-state index >= 15 is 0 Å². The van der Waals surface area contributed by atoms with Crippen molar-refractivity contribution in [2.75, 3.05) is 12.5 Å². The fourth-order valence-corrected chi connectivity index (χ4v) is 2.82. The molecular weight excluding hydrogens is 492 g/mol. The first-order chi connectivity index (χ1) is 11.9. The Morgan fingerprint density at radius 3 is 1.80 bits per heavy atom. The standard InChI is InChI=1S/C9H9BrN2OS2.C6H5BrN2O/c1-14-9(15-2)12-8(13)7-4-3-6(10)5-11-7;7-4-1-2-5(6(8)10)9-3-4/h3-5H,1-2H3;1-3H,(H2,8,10). The molecule has 0 aliphatic rings. The van der Waals surface area contributed by atoms with E-state index in [1.165, 1.54) is 29.7 Å². The van der Waals surface area contributed by atoms with Gasteiger partial charge in [-0.25, -0.2) is 9.97 Å². The van der Waals surface area contributed by atoms with Crippen molar-refractivity contribution in [1.29, 1.82) is 0 Å². The molecule has 2 heterocycles. The smallest absolute Gasteiger partial charge is 0.297 e. The Hall–Kier alpha value is -1.23. The van der Waals surface area contributed by atoms with Gasteiger partial charge in [0.2, 0.25) is 0 Å². The zero-order valence-corrected chi connectivity index (χ0v) is 18.1. The van der Waals surface area contributed by atoms with Crippen molar-refractivity contribution in [2.24, 2.45) is 10.7 Å². The minimum Gasteiger partial charge on any atom is -0.364 e. The molecule has 2 aromatic rings. The van der Waals surface area contributed by atoms with Crippen molar-refractivity contribution in [3.8, 4) is 0 Å². The molecule has 0 aromatic carbocycles. The van der Waals surface area contributed by atoms with Crippen LogP contribution in [-0.4, -0.2) is 38.7 Å². The van der Waals surface area contributed by atoms with Crippen molar-refractivity contribution in [2.45, 2.75) is 0 Å². The average molecular weight is 506 g/mol. The van der Waals surface area contributed by atoms with Crippen LogP contribution in [-0.2, 0) is 0 Å². The molecule has 6 nitrogen and oxygen atoms in total. The van der Waals surface area contributed by atoms with Gasteiger partial charge in [-0.2, -0.15) is 4.99 Å². The molecule has 25 heavy (non-hydrogen) atoms. The Bertz CT molecular complexity index is 747. The van der Waals surface area contributed by atoms with Gasteiger partial charge in [0.05, 0.1) is 0 Å². The number of nitrogens with two attached hydrogens (primary N) is 1. The van der Waals surface area contributed by atoms with E-state index in [0.29, 0.717) is 5.69 Å². The maximum absolute atomic E-state index is 11.6.